The van der Waals surface area contributed by atoms with Gasteiger partial charge in [0, 0.05) is 50.1 Å². The second-order valence-electron chi connectivity index (χ2n) is 6.79. The molecular formula is C18H25N7O2. The third-order valence-corrected chi connectivity index (χ3v) is 4.55. The summed E-state index contributed by atoms with van der Waals surface area (Å²) in [5, 5.41) is 12.7. The summed E-state index contributed by atoms with van der Waals surface area (Å²) in [6.45, 7) is 5.88. The molecule has 0 unspecified atom stereocenters. The van der Waals surface area contributed by atoms with Gasteiger partial charge in [-0.1, -0.05) is 0 Å². The first-order valence-corrected chi connectivity index (χ1v) is 9.16. The van der Waals surface area contributed by atoms with E-state index in [9.17, 15) is 9.59 Å². The van der Waals surface area contributed by atoms with Crippen molar-refractivity contribution < 1.29 is 9.59 Å². The van der Waals surface area contributed by atoms with Crippen LogP contribution in [0.15, 0.2) is 24.5 Å². The van der Waals surface area contributed by atoms with Crippen LogP contribution in [0.2, 0.25) is 0 Å². The molecule has 0 aliphatic carbocycles. The van der Waals surface area contributed by atoms with Gasteiger partial charge in [0.05, 0.1) is 12.5 Å². The predicted octanol–water partition coefficient (Wildman–Crippen LogP) is 0.124. The van der Waals surface area contributed by atoms with Crippen LogP contribution in [0.3, 0.4) is 0 Å². The van der Waals surface area contributed by atoms with Crippen LogP contribution in [0, 0.1) is 0 Å². The van der Waals surface area contributed by atoms with Crippen molar-refractivity contribution in [3.8, 4) is 11.4 Å². The molecule has 1 saturated heterocycles. The van der Waals surface area contributed by atoms with Crippen molar-refractivity contribution in [2.24, 2.45) is 0 Å². The molecular weight excluding hydrogens is 346 g/mol. The average molecular weight is 371 g/mol. The van der Waals surface area contributed by atoms with Crippen molar-refractivity contribution in [1.82, 2.24) is 35.7 Å². The molecule has 2 amide bonds. The Bertz CT molecular complexity index is 775. The Morgan fingerprint density at radius 1 is 1.44 bits per heavy atom. The van der Waals surface area contributed by atoms with Crippen LogP contribution >= 0.6 is 0 Å². The lowest BCUT2D eigenvalue weighted by Gasteiger charge is -2.37. The number of pyridine rings is 1. The number of aromatic amines is 1. The molecule has 2 aromatic heterocycles. The molecule has 1 aliphatic heterocycles. The van der Waals surface area contributed by atoms with Crippen LogP contribution in [-0.4, -0.2) is 68.6 Å². The molecule has 1 fully saturated rings. The first-order chi connectivity index (χ1) is 13.0. The Kier molecular flexibility index (Phi) is 6.12. The predicted molar refractivity (Wildman–Crippen MR) is 99.6 cm³/mol. The maximum Gasteiger partial charge on any atom is 0.237 e. The van der Waals surface area contributed by atoms with Gasteiger partial charge in [-0.05, 0) is 26.0 Å². The van der Waals surface area contributed by atoms with Gasteiger partial charge in [0.1, 0.15) is 5.82 Å². The van der Waals surface area contributed by atoms with Gasteiger partial charge in [-0.25, -0.2) is 4.98 Å². The number of nitrogens with zero attached hydrogens (tertiary/aromatic N) is 4. The zero-order chi connectivity index (χ0) is 19.2. The fourth-order valence-electron chi connectivity index (χ4n) is 3.16. The van der Waals surface area contributed by atoms with Crippen molar-refractivity contribution in [2.75, 3.05) is 19.6 Å². The summed E-state index contributed by atoms with van der Waals surface area (Å²) >= 11 is 0. The topological polar surface area (TPSA) is 116 Å². The van der Waals surface area contributed by atoms with E-state index < -0.39 is 6.04 Å². The van der Waals surface area contributed by atoms with Gasteiger partial charge < -0.3 is 10.6 Å². The van der Waals surface area contributed by atoms with Gasteiger partial charge in [-0.15, -0.1) is 0 Å². The van der Waals surface area contributed by atoms with E-state index in [4.69, 9.17) is 0 Å². The van der Waals surface area contributed by atoms with E-state index in [0.717, 1.165) is 12.1 Å². The molecule has 0 saturated carbocycles. The molecule has 0 bridgehead atoms. The molecule has 1 atom stereocenters. The summed E-state index contributed by atoms with van der Waals surface area (Å²) in [6.07, 6.45) is 4.08. The molecule has 1 aliphatic rings. The normalized spacial score (nSPS) is 17.7. The van der Waals surface area contributed by atoms with Crippen molar-refractivity contribution in [1.29, 1.82) is 0 Å². The summed E-state index contributed by atoms with van der Waals surface area (Å²) in [7, 11) is 0. The van der Waals surface area contributed by atoms with E-state index in [1.54, 1.807) is 12.4 Å². The molecule has 2 aromatic rings. The summed E-state index contributed by atoms with van der Waals surface area (Å²) in [4.78, 5) is 34.9. The van der Waals surface area contributed by atoms with E-state index >= 15 is 0 Å². The zero-order valence-electron chi connectivity index (χ0n) is 15.6. The Morgan fingerprint density at radius 2 is 2.30 bits per heavy atom. The molecule has 0 spiro atoms. The first kappa shape index (κ1) is 19.0. The minimum atomic E-state index is -0.416. The summed E-state index contributed by atoms with van der Waals surface area (Å²) in [6, 6.07) is 3.51. The van der Waals surface area contributed by atoms with Crippen molar-refractivity contribution in [3.63, 3.8) is 0 Å². The number of hydrogen-bond donors (Lipinski definition) is 3. The molecule has 0 radical (unpaired) electrons. The molecule has 0 aromatic carbocycles. The summed E-state index contributed by atoms with van der Waals surface area (Å²) in [5.74, 6) is 1.04. The van der Waals surface area contributed by atoms with E-state index in [2.05, 4.69) is 35.7 Å². The quantitative estimate of drug-likeness (QED) is 0.637. The van der Waals surface area contributed by atoms with Gasteiger partial charge >= 0.3 is 0 Å². The van der Waals surface area contributed by atoms with Crippen LogP contribution in [0.4, 0.5) is 0 Å². The number of hydrogen-bond acceptors (Lipinski definition) is 6. The molecule has 3 rings (SSSR count). The minimum absolute atomic E-state index is 0.0820. The number of nitrogens with one attached hydrogen (secondary N) is 3. The molecule has 3 heterocycles. The third kappa shape index (κ3) is 4.88. The Hall–Kier alpha value is -2.81. The molecule has 3 N–H and O–H groups in total. The SMILES string of the molecule is CC(C)N1CCNC(=O)[C@@H]1CC(=O)NCCc1nc(-c2cccnc2)n[nH]1. The number of rotatable bonds is 7. The van der Waals surface area contributed by atoms with E-state index in [1.807, 2.05) is 26.0 Å². The first-order valence-electron chi connectivity index (χ1n) is 9.16. The highest BCUT2D eigenvalue weighted by Crippen LogP contribution is 2.13. The van der Waals surface area contributed by atoms with Crippen LogP contribution in [0.25, 0.3) is 11.4 Å². The van der Waals surface area contributed by atoms with Crippen LogP contribution < -0.4 is 10.6 Å². The number of amides is 2. The van der Waals surface area contributed by atoms with Crippen molar-refractivity contribution >= 4 is 11.8 Å². The van der Waals surface area contributed by atoms with Crippen molar-refractivity contribution in [2.45, 2.75) is 38.8 Å². The highest BCUT2D eigenvalue weighted by Gasteiger charge is 2.32. The number of piperazine rings is 1. The standard InChI is InChI=1S/C18H25N7O2/c1-12(2)25-9-8-21-18(27)14(25)10-16(26)20-7-5-15-22-17(24-23-15)13-4-3-6-19-11-13/h3-4,6,11-12,14H,5,7-10H2,1-2H3,(H,20,26)(H,21,27)(H,22,23,24)/t14-/m0/s1. The number of H-pyrrole nitrogens is 1. The van der Waals surface area contributed by atoms with E-state index in [-0.39, 0.29) is 24.3 Å². The largest absolute Gasteiger partial charge is 0.356 e. The van der Waals surface area contributed by atoms with E-state index in [1.165, 1.54) is 0 Å². The second kappa shape index (κ2) is 8.72. The van der Waals surface area contributed by atoms with Gasteiger partial charge in [-0.3, -0.25) is 24.6 Å². The Morgan fingerprint density at radius 3 is 3.04 bits per heavy atom. The minimum Gasteiger partial charge on any atom is -0.356 e. The fraction of sp³-hybridized carbons (Fsp3) is 0.500. The lowest BCUT2D eigenvalue weighted by atomic mass is 10.1. The summed E-state index contributed by atoms with van der Waals surface area (Å²) in [5.41, 5.74) is 0.834. The lowest BCUT2D eigenvalue weighted by molar-refractivity contribution is -0.134. The van der Waals surface area contributed by atoms with Gasteiger partial charge in [0.25, 0.3) is 0 Å². The van der Waals surface area contributed by atoms with Crippen LogP contribution in [0.5, 0.6) is 0 Å². The monoisotopic (exact) mass is 371 g/mol. The molecule has 144 valence electrons. The Balaban J connectivity index is 1.48. The highest BCUT2D eigenvalue weighted by molar-refractivity contribution is 5.88. The second-order valence-corrected chi connectivity index (χ2v) is 6.79. The van der Waals surface area contributed by atoms with Gasteiger partial charge in [0.15, 0.2) is 5.82 Å². The highest BCUT2D eigenvalue weighted by atomic mass is 16.2. The molecule has 9 nitrogen and oxygen atoms in total. The summed E-state index contributed by atoms with van der Waals surface area (Å²) < 4.78 is 0. The van der Waals surface area contributed by atoms with E-state index in [0.29, 0.717) is 31.2 Å². The van der Waals surface area contributed by atoms with Gasteiger partial charge in [0.2, 0.25) is 11.8 Å². The maximum atomic E-state index is 12.3. The maximum absolute atomic E-state index is 12.3. The lowest BCUT2D eigenvalue weighted by Crippen LogP contribution is -2.58. The Labute approximate surface area is 158 Å². The smallest absolute Gasteiger partial charge is 0.237 e. The number of carbonyl (C=O) groups excluding carboxylic acids is 2. The fourth-order valence-corrected chi connectivity index (χ4v) is 3.16. The molecule has 27 heavy (non-hydrogen) atoms. The van der Waals surface area contributed by atoms with Crippen molar-refractivity contribution in [3.05, 3.63) is 30.4 Å². The third-order valence-electron chi connectivity index (χ3n) is 4.55. The van der Waals surface area contributed by atoms with Crippen LogP contribution in [-0.2, 0) is 16.0 Å². The number of carbonyl (C=O) groups is 2. The number of aromatic nitrogens is 4. The van der Waals surface area contributed by atoms with Crippen LogP contribution in [0.1, 0.15) is 26.1 Å². The molecule has 9 heteroatoms. The average Bonchev–Trinajstić information content (AvgIpc) is 3.13. The zero-order valence-corrected chi connectivity index (χ0v) is 15.6. The van der Waals surface area contributed by atoms with Gasteiger partial charge in [-0.2, -0.15) is 5.10 Å².